The highest BCUT2D eigenvalue weighted by Gasteiger charge is 2.50. The second-order valence-electron chi connectivity index (χ2n) is 13.2. The Morgan fingerprint density at radius 2 is 1.83 bits per heavy atom. The Morgan fingerprint density at radius 1 is 1.00 bits per heavy atom. The second kappa shape index (κ2) is 15.4. The summed E-state index contributed by atoms with van der Waals surface area (Å²) >= 11 is 0. The van der Waals surface area contributed by atoms with Gasteiger partial charge in [-0.1, -0.05) is 43.7 Å². The Hall–Kier alpha value is -6.16. The number of fused-ring (bicyclic) bond motifs is 1. The molecule has 1 aromatic carbocycles. The first kappa shape index (κ1) is 34.3. The van der Waals surface area contributed by atoms with Gasteiger partial charge >= 0.3 is 6.03 Å². The molecule has 2 unspecified atom stereocenters. The number of hydrogen-bond donors (Lipinski definition) is 2. The summed E-state index contributed by atoms with van der Waals surface area (Å²) in [7, 11) is 3.86. The maximum absolute atomic E-state index is 13.9. The molecular formula is C39H42N11O2+. The maximum atomic E-state index is 13.9. The van der Waals surface area contributed by atoms with Gasteiger partial charge < -0.3 is 15.0 Å². The zero-order chi connectivity index (χ0) is 36.0. The first-order valence-corrected chi connectivity index (χ1v) is 17.7. The van der Waals surface area contributed by atoms with Gasteiger partial charge in [-0.05, 0) is 37.0 Å². The highest BCUT2D eigenvalue weighted by atomic mass is 16.5. The molecule has 0 bridgehead atoms. The van der Waals surface area contributed by atoms with Gasteiger partial charge in [0, 0.05) is 67.6 Å². The predicted molar refractivity (Wildman–Crippen MR) is 198 cm³/mol. The van der Waals surface area contributed by atoms with Gasteiger partial charge in [-0.15, -0.1) is 4.98 Å². The number of hydrogen-bond acceptors (Lipinski definition) is 10. The van der Waals surface area contributed by atoms with Crippen LogP contribution in [0.5, 0.6) is 5.75 Å². The number of amides is 2. The topological polar surface area (TPSA) is 150 Å². The number of aromatic nitrogens is 6. The van der Waals surface area contributed by atoms with E-state index in [0.717, 1.165) is 60.4 Å². The molecule has 5 heterocycles. The van der Waals surface area contributed by atoms with Crippen molar-refractivity contribution in [3.63, 3.8) is 0 Å². The fraction of sp³-hybridized carbons (Fsp3) is 0.333. The molecule has 2 amide bonds. The lowest BCUT2D eigenvalue weighted by Gasteiger charge is -2.26. The van der Waals surface area contributed by atoms with Crippen molar-refractivity contribution >= 4 is 29.3 Å². The van der Waals surface area contributed by atoms with E-state index in [2.05, 4.69) is 38.7 Å². The fourth-order valence-corrected chi connectivity index (χ4v) is 6.82. The van der Waals surface area contributed by atoms with Crippen LogP contribution < -0.4 is 20.3 Å². The first-order valence-electron chi connectivity index (χ1n) is 17.7. The van der Waals surface area contributed by atoms with E-state index in [1.54, 1.807) is 34.0 Å². The van der Waals surface area contributed by atoms with Crippen molar-refractivity contribution < 1.29 is 14.1 Å². The molecule has 0 spiro atoms. The summed E-state index contributed by atoms with van der Waals surface area (Å²) in [4.78, 5) is 34.5. The van der Waals surface area contributed by atoms with Crippen LogP contribution in [0.1, 0.15) is 43.7 Å². The zero-order valence-corrected chi connectivity index (χ0v) is 29.7. The fourth-order valence-electron chi connectivity index (χ4n) is 6.82. The largest absolute Gasteiger partial charge is 0.488 e. The van der Waals surface area contributed by atoms with Crippen LogP contribution in [-0.2, 0) is 13.6 Å². The van der Waals surface area contributed by atoms with E-state index >= 15 is 0 Å². The normalized spacial score (nSPS) is 17.1. The molecule has 2 N–H and O–H groups in total. The quantitative estimate of drug-likeness (QED) is 0.118. The SMILES string of the molecule is CCCC1/C(=[N+](/C(=O)NCc2ccccc2)c2ccc(-c3cnn(C)c3)cn2)C1CCCNc1ncc(C#N)c(-c2cnc3c(c2)OCCN3C)n1. The lowest BCUT2D eigenvalue weighted by molar-refractivity contribution is -0.337. The van der Waals surface area contributed by atoms with Gasteiger partial charge in [0.2, 0.25) is 5.95 Å². The van der Waals surface area contributed by atoms with Crippen LogP contribution >= 0.6 is 0 Å². The van der Waals surface area contributed by atoms with Crippen molar-refractivity contribution in [3.05, 3.63) is 90.6 Å². The molecule has 264 valence electrons. The molecule has 1 fully saturated rings. The van der Waals surface area contributed by atoms with E-state index in [1.165, 1.54) is 0 Å². The number of urea groups is 1. The monoisotopic (exact) mass is 696 g/mol. The van der Waals surface area contributed by atoms with Crippen molar-refractivity contribution in [1.29, 1.82) is 5.26 Å². The first-order chi connectivity index (χ1) is 25.4. The Labute approximate surface area is 303 Å². The third kappa shape index (κ3) is 7.46. The summed E-state index contributed by atoms with van der Waals surface area (Å²) in [5, 5.41) is 20.6. The number of nitrogens with one attached hydrogen (secondary N) is 2. The highest BCUT2D eigenvalue weighted by molar-refractivity contribution is 6.03. The third-order valence-electron chi connectivity index (χ3n) is 9.54. The van der Waals surface area contributed by atoms with Crippen molar-refractivity contribution in [1.82, 2.24) is 35.0 Å². The number of nitriles is 1. The number of anilines is 2. The van der Waals surface area contributed by atoms with Crippen LogP contribution in [0.25, 0.3) is 22.4 Å². The highest BCUT2D eigenvalue weighted by Crippen LogP contribution is 2.43. The number of aryl methyl sites for hydroxylation is 1. The minimum Gasteiger partial charge on any atom is -0.488 e. The number of carbonyl (C=O) groups is 1. The minimum atomic E-state index is -0.186. The van der Waals surface area contributed by atoms with Gasteiger partial charge in [0.25, 0.3) is 5.82 Å². The van der Waals surface area contributed by atoms with E-state index in [-0.39, 0.29) is 17.9 Å². The third-order valence-corrected chi connectivity index (χ3v) is 9.54. The van der Waals surface area contributed by atoms with E-state index in [9.17, 15) is 10.1 Å². The molecule has 5 aromatic rings. The second-order valence-corrected chi connectivity index (χ2v) is 13.2. The Morgan fingerprint density at radius 3 is 2.58 bits per heavy atom. The number of ether oxygens (including phenoxy) is 1. The van der Waals surface area contributed by atoms with Gasteiger partial charge in [0.15, 0.2) is 11.6 Å². The average molecular weight is 697 g/mol. The number of rotatable bonds is 12. The van der Waals surface area contributed by atoms with Gasteiger partial charge in [0.1, 0.15) is 18.9 Å². The molecule has 1 aliphatic heterocycles. The van der Waals surface area contributed by atoms with Crippen LogP contribution in [0.2, 0.25) is 0 Å². The summed E-state index contributed by atoms with van der Waals surface area (Å²) in [6.07, 6.45) is 12.5. The molecule has 13 nitrogen and oxygen atoms in total. The van der Waals surface area contributed by atoms with Crippen LogP contribution in [0.4, 0.5) is 22.4 Å². The average Bonchev–Trinajstić information content (AvgIpc) is 3.64. The Bertz CT molecular complexity index is 2120. The smallest absolute Gasteiger partial charge is 0.441 e. The minimum absolute atomic E-state index is 0.186. The molecule has 2 aliphatic rings. The summed E-state index contributed by atoms with van der Waals surface area (Å²) in [6, 6.07) is 17.7. The summed E-state index contributed by atoms with van der Waals surface area (Å²) < 4.78 is 9.39. The van der Waals surface area contributed by atoms with Crippen molar-refractivity contribution in [2.24, 2.45) is 18.9 Å². The molecule has 2 atom stereocenters. The van der Waals surface area contributed by atoms with Crippen LogP contribution in [0, 0.1) is 23.2 Å². The van der Waals surface area contributed by atoms with Gasteiger partial charge in [0.05, 0.1) is 42.5 Å². The van der Waals surface area contributed by atoms with Crippen molar-refractivity contribution in [2.45, 2.75) is 39.2 Å². The predicted octanol–water partition coefficient (Wildman–Crippen LogP) is 5.97. The molecule has 1 aliphatic carbocycles. The van der Waals surface area contributed by atoms with Crippen molar-refractivity contribution in [2.75, 3.05) is 37.0 Å². The van der Waals surface area contributed by atoms with Crippen molar-refractivity contribution in [3.8, 4) is 34.2 Å². The molecule has 52 heavy (non-hydrogen) atoms. The van der Waals surface area contributed by atoms with Crippen LogP contribution in [0.3, 0.4) is 0 Å². The molecular weight excluding hydrogens is 655 g/mol. The molecule has 13 heteroatoms. The number of likely N-dealkylation sites (N-methyl/N-ethyl adjacent to an activating group) is 1. The molecule has 1 saturated carbocycles. The van der Waals surface area contributed by atoms with Gasteiger partial charge in [-0.3, -0.25) is 10.00 Å². The summed E-state index contributed by atoms with van der Waals surface area (Å²) in [5.41, 5.74) is 5.60. The maximum Gasteiger partial charge on any atom is 0.441 e. The van der Waals surface area contributed by atoms with E-state index in [0.29, 0.717) is 54.0 Å². The van der Waals surface area contributed by atoms with Crippen LogP contribution in [0.15, 0.2) is 79.5 Å². The molecule has 7 rings (SSSR count). The zero-order valence-electron chi connectivity index (χ0n) is 29.7. The molecule has 4 aromatic heterocycles. The van der Waals surface area contributed by atoms with Gasteiger partial charge in [-0.2, -0.15) is 14.9 Å². The Balaban J connectivity index is 1.08. The number of nitrogens with zero attached hydrogens (tertiary/aromatic N) is 9. The van der Waals surface area contributed by atoms with Crippen LogP contribution in [-0.4, -0.2) is 72.8 Å². The molecule has 0 radical (unpaired) electrons. The lowest BCUT2D eigenvalue weighted by Crippen LogP contribution is -2.32. The number of carbonyl (C=O) groups excluding carboxylic acids is 1. The summed E-state index contributed by atoms with van der Waals surface area (Å²) in [6.45, 7) is 4.56. The standard InChI is InChI=1S/C39H41N11O2/c1-4-9-31-32(12-8-15-41-38-44-23-29(19-40)35(47-38)28-18-33-37(43-22-28)48(2)16-17-52-33)36(31)50(39(51)45-20-26-10-6-5-7-11-26)34-14-13-27(21-42-34)30-24-46-49(3)25-30/h5-7,10-11,13-14,18,21-25,31-32H,4,8-9,12,15-17,20H2,1-3H3,(H-,41,44,45,47,51)/p+1/b50-36-. The van der Waals surface area contributed by atoms with Gasteiger partial charge in [-0.25, -0.2) is 19.7 Å². The number of pyridine rings is 2. The molecule has 0 saturated heterocycles. The van der Waals surface area contributed by atoms with E-state index in [1.807, 2.05) is 73.7 Å². The number of benzene rings is 1. The Kier molecular flexibility index (Phi) is 10.1. The van der Waals surface area contributed by atoms with E-state index in [4.69, 9.17) is 14.7 Å². The summed E-state index contributed by atoms with van der Waals surface area (Å²) in [5.74, 6) is 2.99. The lowest BCUT2D eigenvalue weighted by atomic mass is 10.1. The van der Waals surface area contributed by atoms with E-state index < -0.39 is 0 Å².